The van der Waals surface area contributed by atoms with Crippen molar-refractivity contribution in [3.63, 3.8) is 0 Å². The smallest absolute Gasteiger partial charge is 0.128 e. The Hall–Kier alpha value is -0.800. The molecular weight excluding hydrogens is 248 g/mol. The van der Waals surface area contributed by atoms with Crippen LogP contribution in [-0.2, 0) is 16.0 Å². The molecule has 0 N–H and O–H groups in total. The van der Waals surface area contributed by atoms with Gasteiger partial charge in [-0.3, -0.25) is 0 Å². The quantitative estimate of drug-likeness (QED) is 0.769. The minimum Gasteiger partial charge on any atom is -0.383 e. The zero-order valence-corrected chi connectivity index (χ0v) is 12.7. The van der Waals surface area contributed by atoms with Gasteiger partial charge in [-0.25, -0.2) is 4.98 Å². The molecule has 1 aromatic heterocycles. The number of ether oxygens (including phenoxy) is 1. The molecule has 0 saturated heterocycles. The average Bonchev–Trinajstić information content (AvgIpc) is 2.34. The normalized spacial score (nSPS) is 11.7. The molecule has 1 heterocycles. The summed E-state index contributed by atoms with van der Waals surface area (Å²) in [4.78, 5) is 6.81. The van der Waals surface area contributed by atoms with Crippen LogP contribution in [0.5, 0.6) is 0 Å². The van der Waals surface area contributed by atoms with Crippen LogP contribution in [0.2, 0.25) is 0 Å². The molecule has 0 aromatic carbocycles. The van der Waals surface area contributed by atoms with Gasteiger partial charge in [0.05, 0.1) is 6.61 Å². The van der Waals surface area contributed by atoms with Gasteiger partial charge in [0.1, 0.15) is 5.82 Å². The van der Waals surface area contributed by atoms with Crippen LogP contribution in [0.3, 0.4) is 0 Å². The fourth-order valence-electron chi connectivity index (χ4n) is 1.57. The third-order valence-corrected chi connectivity index (χ3v) is 3.12. The molecule has 3 nitrogen and oxygen atoms in total. The van der Waals surface area contributed by atoms with E-state index in [1.54, 1.807) is 7.11 Å². The number of nitrogens with zero attached hydrogens (tertiary/aromatic N) is 2. The van der Waals surface area contributed by atoms with E-state index in [-0.39, 0.29) is 5.41 Å². The maximum absolute atomic E-state index is 5.96. The van der Waals surface area contributed by atoms with Crippen molar-refractivity contribution in [3.05, 3.63) is 23.4 Å². The van der Waals surface area contributed by atoms with Gasteiger partial charge in [-0.2, -0.15) is 0 Å². The standard InChI is InChI=1S/C14H23ClN2O/c1-14(2,3)12-8-11(10-15)9-13(16-12)17(4)6-7-18-5/h8-9H,6-7,10H2,1-5H3. The number of hydrogen-bond donors (Lipinski definition) is 0. The second kappa shape index (κ2) is 6.39. The fraction of sp³-hybridized carbons (Fsp3) is 0.643. The summed E-state index contributed by atoms with van der Waals surface area (Å²) in [6.07, 6.45) is 0. The lowest BCUT2D eigenvalue weighted by Crippen LogP contribution is -2.25. The van der Waals surface area contributed by atoms with Crippen molar-refractivity contribution in [1.82, 2.24) is 4.98 Å². The van der Waals surface area contributed by atoms with Crippen LogP contribution >= 0.6 is 11.6 Å². The number of rotatable bonds is 5. The molecule has 0 saturated carbocycles. The highest BCUT2D eigenvalue weighted by Gasteiger charge is 2.18. The largest absolute Gasteiger partial charge is 0.383 e. The second-order valence-corrected chi connectivity index (χ2v) is 5.78. The minimum atomic E-state index is 0.0267. The van der Waals surface area contributed by atoms with Crippen molar-refractivity contribution in [1.29, 1.82) is 0 Å². The minimum absolute atomic E-state index is 0.0267. The SMILES string of the molecule is COCCN(C)c1cc(CCl)cc(C(C)(C)C)n1. The van der Waals surface area contributed by atoms with Gasteiger partial charge in [-0.15, -0.1) is 11.6 Å². The molecule has 0 unspecified atom stereocenters. The summed E-state index contributed by atoms with van der Waals surface area (Å²) in [5, 5.41) is 0. The van der Waals surface area contributed by atoms with Crippen LogP contribution in [0, 0.1) is 0 Å². The molecule has 0 amide bonds. The number of halogens is 1. The predicted molar refractivity (Wildman–Crippen MR) is 77.6 cm³/mol. The number of pyridine rings is 1. The van der Waals surface area contributed by atoms with Gasteiger partial charge >= 0.3 is 0 Å². The monoisotopic (exact) mass is 270 g/mol. The summed E-state index contributed by atoms with van der Waals surface area (Å²) < 4.78 is 5.09. The van der Waals surface area contributed by atoms with Crippen LogP contribution in [-0.4, -0.2) is 32.3 Å². The summed E-state index contributed by atoms with van der Waals surface area (Å²) in [7, 11) is 3.73. The zero-order valence-electron chi connectivity index (χ0n) is 12.0. The molecule has 18 heavy (non-hydrogen) atoms. The van der Waals surface area contributed by atoms with Crippen LogP contribution < -0.4 is 4.90 Å². The molecule has 0 aliphatic carbocycles. The van der Waals surface area contributed by atoms with Crippen LogP contribution in [0.15, 0.2) is 12.1 Å². The van der Waals surface area contributed by atoms with Crippen molar-refractivity contribution >= 4 is 17.4 Å². The van der Waals surface area contributed by atoms with Crippen molar-refractivity contribution in [3.8, 4) is 0 Å². The van der Waals surface area contributed by atoms with Crippen LogP contribution in [0.1, 0.15) is 32.0 Å². The first kappa shape index (κ1) is 15.3. The van der Waals surface area contributed by atoms with E-state index < -0.39 is 0 Å². The molecule has 4 heteroatoms. The summed E-state index contributed by atoms with van der Waals surface area (Å²) in [5.74, 6) is 1.46. The Kier molecular flexibility index (Phi) is 5.42. The third-order valence-electron chi connectivity index (χ3n) is 2.82. The van der Waals surface area contributed by atoms with E-state index in [1.807, 2.05) is 13.1 Å². The molecule has 1 rings (SSSR count). The maximum Gasteiger partial charge on any atom is 0.128 e. The van der Waals surface area contributed by atoms with E-state index in [0.29, 0.717) is 12.5 Å². The lowest BCUT2D eigenvalue weighted by Gasteiger charge is -2.23. The maximum atomic E-state index is 5.96. The number of alkyl halides is 1. The fourth-order valence-corrected chi connectivity index (χ4v) is 1.73. The number of aromatic nitrogens is 1. The highest BCUT2D eigenvalue weighted by atomic mass is 35.5. The van der Waals surface area contributed by atoms with E-state index in [4.69, 9.17) is 21.3 Å². The van der Waals surface area contributed by atoms with Gasteiger partial charge in [0.15, 0.2) is 0 Å². The van der Waals surface area contributed by atoms with Gasteiger partial charge in [0.2, 0.25) is 0 Å². The van der Waals surface area contributed by atoms with Crippen LogP contribution in [0.25, 0.3) is 0 Å². The molecule has 102 valence electrons. The van der Waals surface area contributed by atoms with E-state index in [9.17, 15) is 0 Å². The van der Waals surface area contributed by atoms with Crippen molar-refractivity contribution in [2.24, 2.45) is 0 Å². The topological polar surface area (TPSA) is 25.4 Å². The van der Waals surface area contributed by atoms with Crippen molar-refractivity contribution in [2.75, 3.05) is 32.2 Å². The Morgan fingerprint density at radius 1 is 1.33 bits per heavy atom. The Labute approximate surface area is 115 Å². The predicted octanol–water partition coefficient (Wildman–Crippen LogP) is 3.20. The van der Waals surface area contributed by atoms with E-state index in [1.165, 1.54) is 0 Å². The number of hydrogen-bond acceptors (Lipinski definition) is 3. The molecule has 0 aliphatic heterocycles. The number of anilines is 1. The molecule has 1 aromatic rings. The Morgan fingerprint density at radius 2 is 2.00 bits per heavy atom. The summed E-state index contributed by atoms with van der Waals surface area (Å²) in [6.45, 7) is 7.98. The van der Waals surface area contributed by atoms with E-state index in [2.05, 4.69) is 31.7 Å². The molecule has 0 aliphatic rings. The Balaban J connectivity index is 3.04. The molecular formula is C14H23ClN2O. The number of likely N-dealkylation sites (N-methyl/N-ethyl adjacent to an activating group) is 1. The zero-order chi connectivity index (χ0) is 13.8. The Bertz CT molecular complexity index is 388. The lowest BCUT2D eigenvalue weighted by atomic mass is 9.91. The van der Waals surface area contributed by atoms with E-state index >= 15 is 0 Å². The molecule has 0 fully saturated rings. The summed E-state index contributed by atoms with van der Waals surface area (Å²) in [5.41, 5.74) is 2.20. The first-order valence-electron chi connectivity index (χ1n) is 6.16. The molecule has 0 atom stereocenters. The van der Waals surface area contributed by atoms with Gasteiger partial charge in [-0.05, 0) is 17.7 Å². The molecule has 0 spiro atoms. The van der Waals surface area contributed by atoms with Crippen molar-refractivity contribution in [2.45, 2.75) is 32.1 Å². The first-order chi connectivity index (χ1) is 8.38. The van der Waals surface area contributed by atoms with Gasteiger partial charge in [0, 0.05) is 37.7 Å². The highest BCUT2D eigenvalue weighted by Crippen LogP contribution is 2.25. The second-order valence-electron chi connectivity index (χ2n) is 5.52. The average molecular weight is 271 g/mol. The van der Waals surface area contributed by atoms with Crippen LogP contribution in [0.4, 0.5) is 5.82 Å². The van der Waals surface area contributed by atoms with E-state index in [0.717, 1.165) is 23.6 Å². The van der Waals surface area contributed by atoms with Gasteiger partial charge < -0.3 is 9.64 Å². The highest BCUT2D eigenvalue weighted by molar-refractivity contribution is 6.17. The lowest BCUT2D eigenvalue weighted by molar-refractivity contribution is 0.206. The van der Waals surface area contributed by atoms with Gasteiger partial charge in [-0.1, -0.05) is 20.8 Å². The van der Waals surface area contributed by atoms with Gasteiger partial charge in [0.25, 0.3) is 0 Å². The third kappa shape index (κ3) is 4.14. The first-order valence-corrected chi connectivity index (χ1v) is 6.69. The Morgan fingerprint density at radius 3 is 2.50 bits per heavy atom. The molecule has 0 bridgehead atoms. The summed E-state index contributed by atoms with van der Waals surface area (Å²) >= 11 is 5.96. The van der Waals surface area contributed by atoms with Crippen molar-refractivity contribution < 1.29 is 4.74 Å². The number of methoxy groups -OCH3 is 1. The molecule has 0 radical (unpaired) electrons. The summed E-state index contributed by atoms with van der Waals surface area (Å²) in [6, 6.07) is 4.12.